The topological polar surface area (TPSA) is 110 Å². The van der Waals surface area contributed by atoms with Gasteiger partial charge in [0.15, 0.2) is 0 Å². The van der Waals surface area contributed by atoms with Crippen molar-refractivity contribution < 1.29 is 24.5 Å². The molecular formula is C23H25NO5. The van der Waals surface area contributed by atoms with Crippen molar-refractivity contribution in [1.82, 2.24) is 0 Å². The van der Waals surface area contributed by atoms with Crippen molar-refractivity contribution in [3.8, 4) is 5.75 Å². The van der Waals surface area contributed by atoms with Gasteiger partial charge in [-0.3, -0.25) is 0 Å². The lowest BCUT2D eigenvalue weighted by molar-refractivity contribution is -0.159. The first-order valence-corrected chi connectivity index (χ1v) is 9.14. The fraction of sp³-hybridized carbons (Fsp3) is 0.217. The van der Waals surface area contributed by atoms with Crippen LogP contribution < -0.4 is 10.5 Å². The molecule has 0 amide bonds. The Morgan fingerprint density at radius 3 is 2.10 bits per heavy atom. The van der Waals surface area contributed by atoms with E-state index in [1.165, 1.54) is 5.39 Å². The van der Waals surface area contributed by atoms with Crippen LogP contribution in [0.4, 0.5) is 0 Å². The molecule has 0 aromatic heterocycles. The van der Waals surface area contributed by atoms with Gasteiger partial charge in [0.05, 0.1) is 6.61 Å². The SMILES string of the molecule is CC(COc1cccc2ccccc12)C(C)(N)c1ccccc1.O=C(O)C(=O)O. The zero-order valence-corrected chi connectivity index (χ0v) is 16.4. The van der Waals surface area contributed by atoms with Crippen LogP contribution in [0.1, 0.15) is 19.4 Å². The van der Waals surface area contributed by atoms with Crippen molar-refractivity contribution in [2.75, 3.05) is 6.61 Å². The van der Waals surface area contributed by atoms with E-state index >= 15 is 0 Å². The number of ether oxygens (including phenoxy) is 1. The number of aliphatic carboxylic acids is 2. The molecule has 0 spiro atoms. The van der Waals surface area contributed by atoms with E-state index in [0.717, 1.165) is 16.7 Å². The van der Waals surface area contributed by atoms with Crippen LogP contribution in [0.25, 0.3) is 10.8 Å². The molecule has 3 aromatic carbocycles. The Labute approximate surface area is 169 Å². The Morgan fingerprint density at radius 2 is 1.48 bits per heavy atom. The lowest BCUT2D eigenvalue weighted by Crippen LogP contribution is -2.42. The summed E-state index contributed by atoms with van der Waals surface area (Å²) in [5.74, 6) is -2.55. The highest BCUT2D eigenvalue weighted by molar-refractivity contribution is 6.27. The van der Waals surface area contributed by atoms with Crippen molar-refractivity contribution in [3.63, 3.8) is 0 Å². The van der Waals surface area contributed by atoms with Crippen molar-refractivity contribution in [2.45, 2.75) is 19.4 Å². The molecule has 2 unspecified atom stereocenters. The summed E-state index contributed by atoms with van der Waals surface area (Å²) >= 11 is 0. The van der Waals surface area contributed by atoms with E-state index in [1.807, 2.05) is 42.5 Å². The van der Waals surface area contributed by atoms with Crippen LogP contribution in [-0.2, 0) is 15.1 Å². The second kappa shape index (κ2) is 9.71. The first-order valence-electron chi connectivity index (χ1n) is 9.14. The molecule has 0 bridgehead atoms. The molecule has 4 N–H and O–H groups in total. The van der Waals surface area contributed by atoms with Gasteiger partial charge in [0.2, 0.25) is 0 Å². The van der Waals surface area contributed by atoms with Gasteiger partial charge in [0, 0.05) is 16.8 Å². The first kappa shape index (κ1) is 21.9. The van der Waals surface area contributed by atoms with Crippen LogP contribution in [0.2, 0.25) is 0 Å². The summed E-state index contributed by atoms with van der Waals surface area (Å²) in [7, 11) is 0. The van der Waals surface area contributed by atoms with Gasteiger partial charge in [-0.25, -0.2) is 9.59 Å². The summed E-state index contributed by atoms with van der Waals surface area (Å²) in [6.07, 6.45) is 0. The molecule has 152 valence electrons. The van der Waals surface area contributed by atoms with Crippen molar-refractivity contribution in [1.29, 1.82) is 0 Å². The van der Waals surface area contributed by atoms with Gasteiger partial charge in [-0.1, -0.05) is 73.7 Å². The largest absolute Gasteiger partial charge is 0.493 e. The van der Waals surface area contributed by atoms with Crippen LogP contribution in [-0.4, -0.2) is 28.8 Å². The summed E-state index contributed by atoms with van der Waals surface area (Å²) in [5.41, 5.74) is 7.29. The number of hydrogen-bond donors (Lipinski definition) is 3. The van der Waals surface area contributed by atoms with Crippen LogP contribution in [0.15, 0.2) is 72.8 Å². The maximum Gasteiger partial charge on any atom is 0.414 e. The molecule has 6 heteroatoms. The fourth-order valence-corrected chi connectivity index (χ4v) is 2.79. The summed E-state index contributed by atoms with van der Waals surface area (Å²) in [6, 6.07) is 24.6. The van der Waals surface area contributed by atoms with Crippen molar-refractivity contribution in [3.05, 3.63) is 78.4 Å². The monoisotopic (exact) mass is 395 g/mol. The van der Waals surface area contributed by atoms with E-state index in [4.69, 9.17) is 30.3 Å². The molecule has 6 nitrogen and oxygen atoms in total. The van der Waals surface area contributed by atoms with Gasteiger partial charge in [-0.15, -0.1) is 0 Å². The average Bonchev–Trinajstić information content (AvgIpc) is 2.73. The molecule has 0 aliphatic carbocycles. The van der Waals surface area contributed by atoms with Gasteiger partial charge < -0.3 is 20.7 Å². The third kappa shape index (κ3) is 5.80. The van der Waals surface area contributed by atoms with Crippen molar-refractivity contribution >= 4 is 22.7 Å². The standard InChI is InChI=1S/C21H23NO.C2H2O4/c1-16(21(2,22)18-11-4-3-5-12-18)15-23-20-14-8-10-17-9-6-7-13-19(17)20;3-1(4)2(5)6/h3-14,16H,15,22H2,1-2H3;(H,3,4)(H,5,6). The number of benzene rings is 3. The highest BCUT2D eigenvalue weighted by Crippen LogP contribution is 2.29. The Balaban J connectivity index is 0.000000438. The lowest BCUT2D eigenvalue weighted by atomic mass is 9.82. The second-order valence-electron chi connectivity index (χ2n) is 6.95. The number of rotatable bonds is 5. The lowest BCUT2D eigenvalue weighted by Gasteiger charge is -2.32. The predicted molar refractivity (Wildman–Crippen MR) is 112 cm³/mol. The highest BCUT2D eigenvalue weighted by Gasteiger charge is 2.29. The van der Waals surface area contributed by atoms with E-state index < -0.39 is 17.5 Å². The van der Waals surface area contributed by atoms with E-state index in [9.17, 15) is 0 Å². The quantitative estimate of drug-likeness (QED) is 0.566. The summed E-state index contributed by atoms with van der Waals surface area (Å²) in [4.78, 5) is 18.2. The third-order valence-electron chi connectivity index (χ3n) is 4.84. The molecule has 3 rings (SSSR count). The van der Waals surface area contributed by atoms with Crippen LogP contribution >= 0.6 is 0 Å². The normalized spacial score (nSPS) is 13.5. The number of carboxylic acid groups (broad SMARTS) is 2. The number of nitrogens with two attached hydrogens (primary N) is 1. The molecule has 29 heavy (non-hydrogen) atoms. The Morgan fingerprint density at radius 1 is 0.931 bits per heavy atom. The van der Waals surface area contributed by atoms with E-state index in [2.05, 4.69) is 44.2 Å². The molecule has 0 radical (unpaired) electrons. The van der Waals surface area contributed by atoms with Gasteiger partial charge in [0.1, 0.15) is 5.75 Å². The summed E-state index contributed by atoms with van der Waals surface area (Å²) in [6.45, 7) is 4.79. The maximum atomic E-state index is 9.10. The maximum absolute atomic E-state index is 9.10. The Kier molecular flexibility index (Phi) is 7.33. The van der Waals surface area contributed by atoms with Crippen LogP contribution in [0.5, 0.6) is 5.75 Å². The zero-order valence-electron chi connectivity index (χ0n) is 16.4. The van der Waals surface area contributed by atoms with Crippen LogP contribution in [0, 0.1) is 5.92 Å². The van der Waals surface area contributed by atoms with Crippen LogP contribution in [0.3, 0.4) is 0 Å². The molecule has 0 saturated carbocycles. The molecule has 0 heterocycles. The minimum atomic E-state index is -1.82. The third-order valence-corrected chi connectivity index (χ3v) is 4.84. The van der Waals surface area contributed by atoms with E-state index in [-0.39, 0.29) is 5.92 Å². The number of carboxylic acids is 2. The number of carbonyl (C=O) groups is 2. The fourth-order valence-electron chi connectivity index (χ4n) is 2.79. The minimum Gasteiger partial charge on any atom is -0.493 e. The second-order valence-corrected chi connectivity index (χ2v) is 6.95. The van der Waals surface area contributed by atoms with Gasteiger partial charge in [-0.05, 0) is 23.9 Å². The van der Waals surface area contributed by atoms with E-state index in [1.54, 1.807) is 0 Å². The van der Waals surface area contributed by atoms with Crippen molar-refractivity contribution in [2.24, 2.45) is 11.7 Å². The van der Waals surface area contributed by atoms with Gasteiger partial charge >= 0.3 is 11.9 Å². The molecule has 2 atom stereocenters. The molecule has 0 aliphatic rings. The first-order chi connectivity index (χ1) is 13.7. The average molecular weight is 395 g/mol. The van der Waals surface area contributed by atoms with Gasteiger partial charge in [-0.2, -0.15) is 0 Å². The molecular weight excluding hydrogens is 370 g/mol. The Bertz CT molecular complexity index is 952. The molecule has 0 aliphatic heterocycles. The molecule has 3 aromatic rings. The smallest absolute Gasteiger partial charge is 0.414 e. The molecule has 0 fully saturated rings. The number of hydrogen-bond acceptors (Lipinski definition) is 4. The summed E-state index contributed by atoms with van der Waals surface area (Å²) in [5, 5.41) is 17.1. The van der Waals surface area contributed by atoms with E-state index in [0.29, 0.717) is 6.61 Å². The zero-order chi connectivity index (χ0) is 21.4. The highest BCUT2D eigenvalue weighted by atomic mass is 16.5. The number of fused-ring (bicyclic) bond motifs is 1. The summed E-state index contributed by atoms with van der Waals surface area (Å²) < 4.78 is 6.11. The molecule has 0 saturated heterocycles. The Hall–Kier alpha value is -3.38. The predicted octanol–water partition coefficient (Wildman–Crippen LogP) is 3.88. The van der Waals surface area contributed by atoms with Gasteiger partial charge in [0.25, 0.3) is 0 Å². The minimum absolute atomic E-state index is 0.184.